The van der Waals surface area contributed by atoms with Gasteiger partial charge in [0.05, 0.1) is 0 Å². The summed E-state index contributed by atoms with van der Waals surface area (Å²) in [7, 11) is 0. The third kappa shape index (κ3) is 4.67. The van der Waals surface area contributed by atoms with E-state index in [1.807, 2.05) is 0 Å². The van der Waals surface area contributed by atoms with E-state index in [0.29, 0.717) is 12.8 Å². The second-order valence-electron chi connectivity index (χ2n) is 3.99. The SMILES string of the molecule is CC(CCCO)NC(=O)Nc1ccc(F)c(F)c1. The normalized spacial score (nSPS) is 12.0. The molecule has 6 heteroatoms. The maximum atomic E-state index is 12.9. The Morgan fingerprint density at radius 3 is 2.72 bits per heavy atom. The van der Waals surface area contributed by atoms with Gasteiger partial charge in [0, 0.05) is 24.4 Å². The number of carbonyl (C=O) groups is 1. The zero-order valence-electron chi connectivity index (χ0n) is 10.0. The van der Waals surface area contributed by atoms with E-state index in [1.165, 1.54) is 6.07 Å². The third-order valence-corrected chi connectivity index (χ3v) is 2.35. The smallest absolute Gasteiger partial charge is 0.319 e. The summed E-state index contributed by atoms with van der Waals surface area (Å²) in [5.41, 5.74) is 0.181. The number of aliphatic hydroxyl groups is 1. The summed E-state index contributed by atoms with van der Waals surface area (Å²) >= 11 is 0. The Kier molecular flexibility index (Phi) is 5.51. The van der Waals surface area contributed by atoms with Gasteiger partial charge in [-0.1, -0.05) is 0 Å². The third-order valence-electron chi connectivity index (χ3n) is 2.35. The van der Waals surface area contributed by atoms with Crippen LogP contribution in [0, 0.1) is 11.6 Å². The molecule has 0 aliphatic carbocycles. The molecule has 3 N–H and O–H groups in total. The van der Waals surface area contributed by atoms with Gasteiger partial charge in [-0.05, 0) is 31.9 Å². The maximum absolute atomic E-state index is 12.9. The van der Waals surface area contributed by atoms with Crippen molar-refractivity contribution in [3.63, 3.8) is 0 Å². The summed E-state index contributed by atoms with van der Waals surface area (Å²) in [6.07, 6.45) is 1.23. The van der Waals surface area contributed by atoms with Crippen LogP contribution in [0.3, 0.4) is 0 Å². The molecule has 0 fully saturated rings. The van der Waals surface area contributed by atoms with Crippen LogP contribution in [0.4, 0.5) is 19.3 Å². The van der Waals surface area contributed by atoms with Crippen LogP contribution >= 0.6 is 0 Å². The highest BCUT2D eigenvalue weighted by atomic mass is 19.2. The van der Waals surface area contributed by atoms with Crippen LogP contribution < -0.4 is 10.6 Å². The van der Waals surface area contributed by atoms with Crippen LogP contribution in [0.5, 0.6) is 0 Å². The number of aliphatic hydroxyl groups excluding tert-OH is 1. The van der Waals surface area contributed by atoms with Crippen molar-refractivity contribution in [1.82, 2.24) is 5.32 Å². The van der Waals surface area contributed by atoms with E-state index in [0.717, 1.165) is 12.1 Å². The van der Waals surface area contributed by atoms with Gasteiger partial charge in [0.15, 0.2) is 11.6 Å². The summed E-state index contributed by atoms with van der Waals surface area (Å²) in [6, 6.07) is 2.53. The topological polar surface area (TPSA) is 61.4 Å². The molecule has 100 valence electrons. The molecule has 1 atom stereocenters. The summed E-state index contributed by atoms with van der Waals surface area (Å²) in [5.74, 6) is -1.97. The van der Waals surface area contributed by atoms with Gasteiger partial charge in [-0.3, -0.25) is 0 Å². The molecule has 0 spiro atoms. The zero-order chi connectivity index (χ0) is 13.5. The van der Waals surface area contributed by atoms with Gasteiger partial charge in [0.25, 0.3) is 0 Å². The number of urea groups is 1. The molecule has 1 unspecified atom stereocenters. The Morgan fingerprint density at radius 1 is 1.39 bits per heavy atom. The Balaban J connectivity index is 2.46. The van der Waals surface area contributed by atoms with Crippen molar-refractivity contribution in [2.45, 2.75) is 25.8 Å². The second-order valence-corrected chi connectivity index (χ2v) is 3.99. The number of halogens is 2. The first-order chi connectivity index (χ1) is 8.52. The molecule has 4 nitrogen and oxygen atoms in total. The second kappa shape index (κ2) is 6.90. The molecule has 1 aromatic carbocycles. The summed E-state index contributed by atoms with van der Waals surface area (Å²) in [6.45, 7) is 1.86. The molecule has 1 aromatic rings. The number of hydrogen-bond acceptors (Lipinski definition) is 2. The first-order valence-electron chi connectivity index (χ1n) is 5.66. The van der Waals surface area contributed by atoms with Crippen molar-refractivity contribution in [2.75, 3.05) is 11.9 Å². The fraction of sp³-hybridized carbons (Fsp3) is 0.417. The molecule has 0 aliphatic rings. The minimum atomic E-state index is -1.01. The average molecular weight is 258 g/mol. The number of anilines is 1. The molecule has 0 aliphatic heterocycles. The number of carbonyl (C=O) groups excluding carboxylic acids is 1. The predicted molar refractivity (Wildman–Crippen MR) is 64.3 cm³/mol. The van der Waals surface area contributed by atoms with E-state index in [1.54, 1.807) is 6.92 Å². The summed E-state index contributed by atoms with van der Waals surface area (Å²) < 4.78 is 25.5. The molecule has 0 saturated heterocycles. The van der Waals surface area contributed by atoms with Crippen molar-refractivity contribution in [2.24, 2.45) is 0 Å². The standard InChI is InChI=1S/C12H16F2N2O2/c1-8(3-2-6-17)15-12(18)16-9-4-5-10(13)11(14)7-9/h4-5,7-8,17H,2-3,6H2,1H3,(H2,15,16,18). The largest absolute Gasteiger partial charge is 0.396 e. The van der Waals surface area contributed by atoms with Crippen molar-refractivity contribution < 1.29 is 18.7 Å². The van der Waals surface area contributed by atoms with Crippen molar-refractivity contribution >= 4 is 11.7 Å². The van der Waals surface area contributed by atoms with Gasteiger partial charge in [-0.25, -0.2) is 13.6 Å². The first kappa shape index (κ1) is 14.4. The van der Waals surface area contributed by atoms with E-state index in [-0.39, 0.29) is 18.3 Å². The lowest BCUT2D eigenvalue weighted by atomic mass is 10.2. The highest BCUT2D eigenvalue weighted by Crippen LogP contribution is 2.12. The quantitative estimate of drug-likeness (QED) is 0.758. The number of hydrogen-bond donors (Lipinski definition) is 3. The van der Waals surface area contributed by atoms with E-state index in [9.17, 15) is 13.6 Å². The molecule has 0 radical (unpaired) electrons. The monoisotopic (exact) mass is 258 g/mol. The van der Waals surface area contributed by atoms with Gasteiger partial charge in [0.2, 0.25) is 0 Å². The predicted octanol–water partition coefficient (Wildman–Crippen LogP) is 2.25. The van der Waals surface area contributed by atoms with Gasteiger partial charge >= 0.3 is 6.03 Å². The Hall–Kier alpha value is -1.69. The molecule has 0 heterocycles. The molecular weight excluding hydrogens is 242 g/mol. The van der Waals surface area contributed by atoms with Crippen molar-refractivity contribution in [1.29, 1.82) is 0 Å². The van der Waals surface area contributed by atoms with E-state index < -0.39 is 17.7 Å². The van der Waals surface area contributed by atoms with Crippen molar-refractivity contribution in [3.8, 4) is 0 Å². The van der Waals surface area contributed by atoms with E-state index in [4.69, 9.17) is 5.11 Å². The average Bonchev–Trinajstić information content (AvgIpc) is 2.31. The van der Waals surface area contributed by atoms with E-state index >= 15 is 0 Å². The summed E-state index contributed by atoms with van der Waals surface area (Å²) in [4.78, 5) is 11.5. The van der Waals surface area contributed by atoms with Crippen LogP contribution in [-0.4, -0.2) is 23.8 Å². The fourth-order valence-electron chi connectivity index (χ4n) is 1.43. The molecular formula is C12H16F2N2O2. The molecule has 18 heavy (non-hydrogen) atoms. The van der Waals surface area contributed by atoms with Gasteiger partial charge < -0.3 is 15.7 Å². The fourth-order valence-corrected chi connectivity index (χ4v) is 1.43. The van der Waals surface area contributed by atoms with Gasteiger partial charge in [0.1, 0.15) is 0 Å². The number of benzene rings is 1. The molecule has 0 saturated carbocycles. The molecule has 1 rings (SSSR count). The zero-order valence-corrected chi connectivity index (χ0v) is 10.0. The van der Waals surface area contributed by atoms with E-state index in [2.05, 4.69) is 10.6 Å². The van der Waals surface area contributed by atoms with Crippen LogP contribution in [0.25, 0.3) is 0 Å². The Labute approximate surface area is 104 Å². The number of nitrogens with one attached hydrogen (secondary N) is 2. The minimum Gasteiger partial charge on any atom is -0.396 e. The highest BCUT2D eigenvalue weighted by Gasteiger charge is 2.08. The lowest BCUT2D eigenvalue weighted by Gasteiger charge is -2.14. The number of rotatable bonds is 5. The van der Waals surface area contributed by atoms with Crippen LogP contribution in [0.2, 0.25) is 0 Å². The van der Waals surface area contributed by atoms with Gasteiger partial charge in [-0.2, -0.15) is 0 Å². The van der Waals surface area contributed by atoms with Crippen molar-refractivity contribution in [3.05, 3.63) is 29.8 Å². The van der Waals surface area contributed by atoms with Gasteiger partial charge in [-0.15, -0.1) is 0 Å². The Morgan fingerprint density at radius 2 is 2.11 bits per heavy atom. The lowest BCUT2D eigenvalue weighted by molar-refractivity contribution is 0.245. The summed E-state index contributed by atoms with van der Waals surface area (Å²) in [5, 5.41) is 13.7. The Bertz CT molecular complexity index is 413. The molecule has 0 bridgehead atoms. The highest BCUT2D eigenvalue weighted by molar-refractivity contribution is 5.89. The molecule has 2 amide bonds. The molecule has 0 aromatic heterocycles. The van der Waals surface area contributed by atoms with Crippen LogP contribution in [0.15, 0.2) is 18.2 Å². The van der Waals surface area contributed by atoms with Crippen LogP contribution in [-0.2, 0) is 0 Å². The first-order valence-corrected chi connectivity index (χ1v) is 5.66. The minimum absolute atomic E-state index is 0.0663. The lowest BCUT2D eigenvalue weighted by Crippen LogP contribution is -2.36. The number of amides is 2. The maximum Gasteiger partial charge on any atom is 0.319 e. The van der Waals surface area contributed by atoms with Crippen LogP contribution in [0.1, 0.15) is 19.8 Å².